The Hall–Kier alpha value is -2.19. The Bertz CT molecular complexity index is 820. The van der Waals surface area contributed by atoms with Crippen molar-refractivity contribution in [1.82, 2.24) is 15.2 Å². The summed E-state index contributed by atoms with van der Waals surface area (Å²) in [5.74, 6) is 0.457. The average Bonchev–Trinajstić information content (AvgIpc) is 3.03. The molecule has 0 unspecified atom stereocenters. The Labute approximate surface area is 160 Å². The van der Waals surface area contributed by atoms with Gasteiger partial charge >= 0.3 is 5.97 Å². The van der Waals surface area contributed by atoms with Gasteiger partial charge in [-0.1, -0.05) is 18.5 Å². The predicted molar refractivity (Wildman–Crippen MR) is 101 cm³/mol. The molecule has 140 valence electrons. The Morgan fingerprint density at radius 1 is 1.46 bits per heavy atom. The lowest BCUT2D eigenvalue weighted by Gasteiger charge is -2.15. The van der Waals surface area contributed by atoms with Gasteiger partial charge in [-0.3, -0.25) is 5.10 Å². The van der Waals surface area contributed by atoms with Crippen molar-refractivity contribution in [2.75, 3.05) is 7.11 Å². The lowest BCUT2D eigenvalue weighted by atomic mass is 10.2. The predicted octanol–water partition coefficient (Wildman–Crippen LogP) is 4.03. The van der Waals surface area contributed by atoms with Crippen molar-refractivity contribution >= 4 is 35.4 Å². The molecule has 2 aromatic rings. The molecule has 1 heterocycles. The summed E-state index contributed by atoms with van der Waals surface area (Å²) in [6, 6.07) is 3.29. The zero-order valence-corrected chi connectivity index (χ0v) is 16.4. The number of thioether (sulfide) groups is 1. The van der Waals surface area contributed by atoms with Gasteiger partial charge in [0.1, 0.15) is 10.7 Å². The van der Waals surface area contributed by atoms with Crippen molar-refractivity contribution < 1.29 is 19.4 Å². The highest BCUT2D eigenvalue weighted by atomic mass is 35.5. The van der Waals surface area contributed by atoms with E-state index in [1.54, 1.807) is 12.1 Å². The van der Waals surface area contributed by atoms with E-state index in [0.717, 1.165) is 11.8 Å². The van der Waals surface area contributed by atoms with Crippen molar-refractivity contribution in [3.05, 3.63) is 33.4 Å². The minimum Gasteiger partial charge on any atom is -0.493 e. The van der Waals surface area contributed by atoms with Crippen molar-refractivity contribution in [2.45, 2.75) is 38.5 Å². The molecule has 0 amide bonds. The van der Waals surface area contributed by atoms with Crippen LogP contribution in [0.2, 0.25) is 5.02 Å². The van der Waals surface area contributed by atoms with Gasteiger partial charge in [-0.25, -0.2) is 9.78 Å². The summed E-state index contributed by atoms with van der Waals surface area (Å²) in [6.45, 7) is 5.69. The van der Waals surface area contributed by atoms with E-state index in [1.165, 1.54) is 13.2 Å². The number of halogens is 1. The van der Waals surface area contributed by atoms with Crippen LogP contribution >= 0.6 is 23.4 Å². The number of carbonyl (C=O) groups is 1. The number of H-pyrrole nitrogens is 1. The highest BCUT2D eigenvalue weighted by Gasteiger charge is 2.16. The number of methoxy groups -OCH3 is 1. The van der Waals surface area contributed by atoms with Gasteiger partial charge in [0.15, 0.2) is 11.5 Å². The number of hydrogen-bond donors (Lipinski definition) is 2. The van der Waals surface area contributed by atoms with Crippen LogP contribution in [0.15, 0.2) is 22.2 Å². The summed E-state index contributed by atoms with van der Waals surface area (Å²) in [4.78, 5) is 15.9. The number of aromatic nitrogens is 3. The number of aromatic amines is 1. The molecular weight excluding hydrogens is 378 g/mol. The molecular formula is C17H20ClN3O4S. The first-order chi connectivity index (χ1) is 12.3. The third kappa shape index (κ3) is 5.15. The fourth-order valence-corrected chi connectivity index (χ4v) is 3.03. The SMILES string of the molecule is CCc1nc(S/C(=C\c2cc(Cl)c(OC(C)C)c(OC)c2)C(=O)O)n[nH]1. The molecule has 1 aromatic carbocycles. The molecule has 0 fully saturated rings. The molecule has 0 atom stereocenters. The molecule has 0 radical (unpaired) electrons. The number of nitrogens with zero attached hydrogens (tertiary/aromatic N) is 2. The van der Waals surface area contributed by atoms with Crippen molar-refractivity contribution in [3.63, 3.8) is 0 Å². The quantitative estimate of drug-likeness (QED) is 0.512. The summed E-state index contributed by atoms with van der Waals surface area (Å²) in [5, 5.41) is 16.9. The summed E-state index contributed by atoms with van der Waals surface area (Å²) in [6.07, 6.45) is 2.10. The van der Waals surface area contributed by atoms with Crippen LogP contribution in [0.25, 0.3) is 6.08 Å². The molecule has 2 rings (SSSR count). The molecule has 26 heavy (non-hydrogen) atoms. The number of carboxylic acid groups (broad SMARTS) is 1. The first-order valence-corrected chi connectivity index (χ1v) is 9.11. The van der Waals surface area contributed by atoms with Crippen LogP contribution in [-0.2, 0) is 11.2 Å². The molecule has 0 aliphatic rings. The van der Waals surface area contributed by atoms with Gasteiger partial charge in [-0.15, -0.1) is 5.10 Å². The third-order valence-corrected chi connectivity index (χ3v) is 4.32. The highest BCUT2D eigenvalue weighted by molar-refractivity contribution is 8.04. The first-order valence-electron chi connectivity index (χ1n) is 7.92. The van der Waals surface area contributed by atoms with Gasteiger partial charge in [-0.2, -0.15) is 0 Å². The standard InChI is InChI=1S/C17H20ClN3O4S/c1-5-14-19-17(21-20-14)26-13(16(22)23)8-10-6-11(18)15(25-9(2)3)12(7-10)24-4/h6-9H,5H2,1-4H3,(H,22,23)(H,19,20,21)/b13-8-. The molecule has 0 spiro atoms. The van der Waals surface area contributed by atoms with E-state index in [4.69, 9.17) is 21.1 Å². The van der Waals surface area contributed by atoms with Crippen LogP contribution in [-0.4, -0.2) is 39.5 Å². The zero-order valence-electron chi connectivity index (χ0n) is 14.9. The number of carboxylic acids is 1. The first kappa shape index (κ1) is 20.1. The van der Waals surface area contributed by atoms with Gasteiger partial charge in [-0.05, 0) is 49.4 Å². The molecule has 0 saturated carbocycles. The second kappa shape index (κ2) is 8.95. The second-order valence-electron chi connectivity index (χ2n) is 5.53. The van der Waals surface area contributed by atoms with E-state index < -0.39 is 5.97 Å². The zero-order chi connectivity index (χ0) is 19.3. The summed E-state index contributed by atoms with van der Waals surface area (Å²) in [5.41, 5.74) is 0.569. The Kier molecular flexibility index (Phi) is 6.93. The number of ether oxygens (including phenoxy) is 2. The van der Waals surface area contributed by atoms with Crippen LogP contribution < -0.4 is 9.47 Å². The number of aryl methyl sites for hydroxylation is 1. The van der Waals surface area contributed by atoms with E-state index in [1.807, 2.05) is 20.8 Å². The number of nitrogens with one attached hydrogen (secondary N) is 1. The van der Waals surface area contributed by atoms with Gasteiger partial charge in [0.05, 0.1) is 18.2 Å². The van der Waals surface area contributed by atoms with Crippen LogP contribution in [0.4, 0.5) is 0 Å². The molecule has 0 saturated heterocycles. The summed E-state index contributed by atoms with van der Waals surface area (Å²) in [7, 11) is 1.50. The Morgan fingerprint density at radius 3 is 2.73 bits per heavy atom. The lowest BCUT2D eigenvalue weighted by molar-refractivity contribution is -0.131. The van der Waals surface area contributed by atoms with E-state index in [-0.39, 0.29) is 11.0 Å². The fraction of sp³-hybridized carbons (Fsp3) is 0.353. The van der Waals surface area contributed by atoms with Crippen LogP contribution in [0.5, 0.6) is 11.5 Å². The minimum absolute atomic E-state index is 0.0577. The van der Waals surface area contributed by atoms with Gasteiger partial charge < -0.3 is 14.6 Å². The van der Waals surface area contributed by atoms with E-state index in [9.17, 15) is 9.90 Å². The van der Waals surface area contributed by atoms with Crippen LogP contribution in [0, 0.1) is 0 Å². The van der Waals surface area contributed by atoms with Crippen LogP contribution in [0.3, 0.4) is 0 Å². The van der Waals surface area contributed by atoms with Gasteiger partial charge in [0.25, 0.3) is 0 Å². The van der Waals surface area contributed by atoms with Crippen molar-refractivity contribution in [3.8, 4) is 11.5 Å². The maximum Gasteiger partial charge on any atom is 0.342 e. The largest absolute Gasteiger partial charge is 0.493 e. The monoisotopic (exact) mass is 397 g/mol. The maximum atomic E-state index is 11.6. The lowest BCUT2D eigenvalue weighted by Crippen LogP contribution is -2.07. The number of aliphatic carboxylic acids is 1. The van der Waals surface area contributed by atoms with Crippen molar-refractivity contribution in [2.24, 2.45) is 0 Å². The molecule has 9 heteroatoms. The fourth-order valence-electron chi connectivity index (χ4n) is 2.04. The number of benzene rings is 1. The van der Waals surface area contributed by atoms with Gasteiger partial charge in [0, 0.05) is 6.42 Å². The number of rotatable bonds is 8. The highest BCUT2D eigenvalue weighted by Crippen LogP contribution is 2.38. The smallest absolute Gasteiger partial charge is 0.342 e. The topological polar surface area (TPSA) is 97.3 Å². The summed E-state index contributed by atoms with van der Waals surface area (Å²) < 4.78 is 11.0. The minimum atomic E-state index is -1.09. The van der Waals surface area contributed by atoms with Crippen LogP contribution in [0.1, 0.15) is 32.2 Å². The van der Waals surface area contributed by atoms with Crippen molar-refractivity contribution in [1.29, 1.82) is 0 Å². The molecule has 0 aliphatic carbocycles. The molecule has 1 aromatic heterocycles. The van der Waals surface area contributed by atoms with E-state index in [0.29, 0.717) is 39.5 Å². The maximum absolute atomic E-state index is 11.6. The summed E-state index contributed by atoms with van der Waals surface area (Å²) >= 11 is 7.24. The molecule has 0 bridgehead atoms. The number of hydrogen-bond acceptors (Lipinski definition) is 6. The molecule has 7 nitrogen and oxygen atoms in total. The van der Waals surface area contributed by atoms with E-state index >= 15 is 0 Å². The van der Waals surface area contributed by atoms with E-state index in [2.05, 4.69) is 15.2 Å². The van der Waals surface area contributed by atoms with Gasteiger partial charge in [0.2, 0.25) is 5.16 Å². The molecule has 2 N–H and O–H groups in total. The molecule has 0 aliphatic heterocycles. The Morgan fingerprint density at radius 2 is 2.19 bits per heavy atom. The third-order valence-electron chi connectivity index (χ3n) is 3.16. The Balaban J connectivity index is 2.36. The average molecular weight is 398 g/mol. The normalized spacial score (nSPS) is 11.7. The second-order valence-corrected chi connectivity index (χ2v) is 6.95.